The number of carboxylic acid groups (broad SMARTS) is 1. The summed E-state index contributed by atoms with van der Waals surface area (Å²) in [5.74, 6) is -0.646. The van der Waals surface area contributed by atoms with Crippen LogP contribution in [-0.4, -0.2) is 16.2 Å². The highest BCUT2D eigenvalue weighted by Crippen LogP contribution is 2.29. The second-order valence-corrected chi connectivity index (χ2v) is 6.75. The minimum Gasteiger partial charge on any atom is -0.507 e. The highest BCUT2D eigenvalue weighted by atomic mass is 16.4. The van der Waals surface area contributed by atoms with Crippen molar-refractivity contribution in [2.45, 2.75) is 32.6 Å². The van der Waals surface area contributed by atoms with Crippen LogP contribution in [-0.2, 0) is 0 Å². The van der Waals surface area contributed by atoms with Crippen molar-refractivity contribution in [1.82, 2.24) is 0 Å². The van der Waals surface area contributed by atoms with Crippen molar-refractivity contribution >= 4 is 22.8 Å². The van der Waals surface area contributed by atoms with Gasteiger partial charge in [0.15, 0.2) is 0 Å². The van der Waals surface area contributed by atoms with Crippen molar-refractivity contribution in [1.29, 1.82) is 0 Å². The average Bonchev–Trinajstić information content (AvgIpc) is 2.68. The molecule has 0 aliphatic carbocycles. The molecule has 0 fully saturated rings. The molecule has 0 unspecified atom stereocenters. The monoisotopic (exact) mass is 360 g/mol. The lowest BCUT2D eigenvalue weighted by atomic mass is 9.98. The Morgan fingerprint density at radius 2 is 1.63 bits per heavy atom. The average molecular weight is 360 g/mol. The van der Waals surface area contributed by atoms with E-state index in [2.05, 4.69) is 13.0 Å². The van der Waals surface area contributed by atoms with Gasteiger partial charge in [-0.1, -0.05) is 56.2 Å². The Bertz CT molecular complexity index is 986. The Hall–Kier alpha value is -3.07. The maximum absolute atomic E-state index is 11.1. The van der Waals surface area contributed by atoms with Crippen LogP contribution < -0.4 is 0 Å². The molecule has 0 saturated heterocycles. The van der Waals surface area contributed by atoms with Crippen LogP contribution in [0.25, 0.3) is 28.0 Å². The fourth-order valence-corrected chi connectivity index (χ4v) is 3.15. The number of aromatic carboxylic acids is 1. The number of hydrogen-bond donors (Lipinski definition) is 2. The van der Waals surface area contributed by atoms with Crippen LogP contribution in [0, 0.1) is 0 Å². The number of benzene rings is 3. The standard InChI is InChI=1S/C24H24O3/c1-2-3-4-5-6-7-21-15-20(12-13-23(21)25)17-8-9-19-16-22(24(26)27)11-10-18(19)14-17/h6-16,25H,2-5H2,1H3,(H,26,27). The van der Waals surface area contributed by atoms with Gasteiger partial charge in [-0.15, -0.1) is 0 Å². The smallest absolute Gasteiger partial charge is 0.335 e. The van der Waals surface area contributed by atoms with Gasteiger partial charge in [0.2, 0.25) is 0 Å². The lowest BCUT2D eigenvalue weighted by Crippen LogP contribution is -1.95. The largest absolute Gasteiger partial charge is 0.507 e. The van der Waals surface area contributed by atoms with E-state index in [9.17, 15) is 9.90 Å². The highest BCUT2D eigenvalue weighted by Gasteiger charge is 2.06. The van der Waals surface area contributed by atoms with Gasteiger partial charge in [0.25, 0.3) is 0 Å². The van der Waals surface area contributed by atoms with Gasteiger partial charge in [-0.05, 0) is 65.1 Å². The summed E-state index contributed by atoms with van der Waals surface area (Å²) >= 11 is 0. The molecule has 27 heavy (non-hydrogen) atoms. The summed E-state index contributed by atoms with van der Waals surface area (Å²) in [6.07, 6.45) is 8.69. The van der Waals surface area contributed by atoms with Crippen LogP contribution in [0.5, 0.6) is 5.75 Å². The van der Waals surface area contributed by atoms with Crippen molar-refractivity contribution in [3.63, 3.8) is 0 Å². The van der Waals surface area contributed by atoms with Crippen molar-refractivity contribution in [3.8, 4) is 16.9 Å². The predicted octanol–water partition coefficient (Wildman–Crippen LogP) is 6.50. The Morgan fingerprint density at radius 3 is 2.41 bits per heavy atom. The molecule has 2 N–H and O–H groups in total. The molecule has 138 valence electrons. The first kappa shape index (κ1) is 18.7. The topological polar surface area (TPSA) is 57.5 Å². The second kappa shape index (κ2) is 8.54. The Labute approximate surface area is 159 Å². The van der Waals surface area contributed by atoms with Crippen molar-refractivity contribution < 1.29 is 15.0 Å². The number of carboxylic acids is 1. The third kappa shape index (κ3) is 4.56. The molecule has 0 saturated carbocycles. The van der Waals surface area contributed by atoms with Crippen LogP contribution in [0.15, 0.2) is 60.7 Å². The molecule has 3 rings (SSSR count). The zero-order valence-electron chi connectivity index (χ0n) is 15.5. The molecule has 0 amide bonds. The Kier molecular flexibility index (Phi) is 5.92. The van der Waals surface area contributed by atoms with E-state index < -0.39 is 5.97 Å². The molecular weight excluding hydrogens is 336 g/mol. The summed E-state index contributed by atoms with van der Waals surface area (Å²) in [4.78, 5) is 11.1. The van der Waals surface area contributed by atoms with E-state index in [0.29, 0.717) is 0 Å². The minimum atomic E-state index is -0.921. The second-order valence-electron chi connectivity index (χ2n) is 6.75. The van der Waals surface area contributed by atoms with E-state index in [0.717, 1.165) is 40.3 Å². The van der Waals surface area contributed by atoms with Gasteiger partial charge in [0, 0.05) is 5.56 Å². The molecule has 0 spiro atoms. The van der Waals surface area contributed by atoms with E-state index in [1.807, 2.05) is 42.5 Å². The van der Waals surface area contributed by atoms with E-state index in [4.69, 9.17) is 5.11 Å². The van der Waals surface area contributed by atoms with E-state index >= 15 is 0 Å². The molecule has 0 aromatic heterocycles. The minimum absolute atomic E-state index is 0.275. The molecule has 3 aromatic carbocycles. The van der Waals surface area contributed by atoms with Crippen LogP contribution in [0.2, 0.25) is 0 Å². The number of phenolic OH excluding ortho intramolecular Hbond substituents is 1. The maximum Gasteiger partial charge on any atom is 0.335 e. The van der Waals surface area contributed by atoms with E-state index in [-0.39, 0.29) is 11.3 Å². The number of rotatable bonds is 7. The lowest BCUT2D eigenvalue weighted by molar-refractivity contribution is 0.0697. The summed E-state index contributed by atoms with van der Waals surface area (Å²) in [5.41, 5.74) is 3.15. The molecule has 0 radical (unpaired) electrons. The van der Waals surface area contributed by atoms with Gasteiger partial charge in [0.05, 0.1) is 5.56 Å². The number of aromatic hydroxyl groups is 1. The number of phenols is 1. The molecule has 3 nitrogen and oxygen atoms in total. The fraction of sp³-hybridized carbons (Fsp3) is 0.208. The normalized spacial score (nSPS) is 11.3. The third-order valence-electron chi connectivity index (χ3n) is 4.72. The van der Waals surface area contributed by atoms with Crippen molar-refractivity contribution in [3.05, 3.63) is 71.8 Å². The number of fused-ring (bicyclic) bond motifs is 1. The van der Waals surface area contributed by atoms with Gasteiger partial charge >= 0.3 is 5.97 Å². The van der Waals surface area contributed by atoms with Crippen LogP contribution in [0.1, 0.15) is 48.5 Å². The molecule has 0 heterocycles. The molecule has 0 bridgehead atoms. The maximum atomic E-state index is 11.1. The first-order chi connectivity index (χ1) is 13.1. The summed E-state index contributed by atoms with van der Waals surface area (Å²) in [7, 11) is 0. The van der Waals surface area contributed by atoms with Gasteiger partial charge in [0.1, 0.15) is 5.75 Å². The quantitative estimate of drug-likeness (QED) is 0.473. The Balaban J connectivity index is 1.88. The fourth-order valence-electron chi connectivity index (χ4n) is 3.15. The molecule has 0 atom stereocenters. The van der Waals surface area contributed by atoms with Gasteiger partial charge in [-0.2, -0.15) is 0 Å². The van der Waals surface area contributed by atoms with Crippen LogP contribution in [0.4, 0.5) is 0 Å². The van der Waals surface area contributed by atoms with Crippen LogP contribution >= 0.6 is 0 Å². The Morgan fingerprint density at radius 1 is 0.926 bits per heavy atom. The van der Waals surface area contributed by atoms with Gasteiger partial charge < -0.3 is 10.2 Å². The van der Waals surface area contributed by atoms with Gasteiger partial charge in [-0.3, -0.25) is 0 Å². The summed E-state index contributed by atoms with van der Waals surface area (Å²) in [5, 5.41) is 21.1. The number of carbonyl (C=O) groups is 1. The van der Waals surface area contributed by atoms with E-state index in [1.54, 1.807) is 18.2 Å². The van der Waals surface area contributed by atoms with E-state index in [1.165, 1.54) is 12.8 Å². The summed E-state index contributed by atoms with van der Waals surface area (Å²) in [6.45, 7) is 2.19. The predicted molar refractivity (Wildman–Crippen MR) is 111 cm³/mol. The zero-order valence-corrected chi connectivity index (χ0v) is 15.5. The molecule has 0 aliphatic rings. The summed E-state index contributed by atoms with van der Waals surface area (Å²) in [6, 6.07) is 16.7. The SMILES string of the molecule is CCCCCC=Cc1cc(-c2ccc3cc(C(=O)O)ccc3c2)ccc1O. The van der Waals surface area contributed by atoms with Crippen molar-refractivity contribution in [2.24, 2.45) is 0 Å². The number of allylic oxidation sites excluding steroid dienone is 1. The first-order valence-electron chi connectivity index (χ1n) is 9.35. The summed E-state index contributed by atoms with van der Waals surface area (Å²) < 4.78 is 0. The molecule has 3 heteroatoms. The highest BCUT2D eigenvalue weighted by molar-refractivity contribution is 5.95. The number of hydrogen-bond acceptors (Lipinski definition) is 2. The first-order valence-corrected chi connectivity index (χ1v) is 9.35. The lowest BCUT2D eigenvalue weighted by Gasteiger charge is -2.08. The zero-order chi connectivity index (χ0) is 19.2. The van der Waals surface area contributed by atoms with Crippen LogP contribution in [0.3, 0.4) is 0 Å². The molecule has 0 aliphatic heterocycles. The number of unbranched alkanes of at least 4 members (excludes halogenated alkanes) is 3. The molecular formula is C24H24O3. The van der Waals surface area contributed by atoms with Crippen molar-refractivity contribution in [2.75, 3.05) is 0 Å². The van der Waals surface area contributed by atoms with Gasteiger partial charge in [-0.25, -0.2) is 4.79 Å². The third-order valence-corrected chi connectivity index (χ3v) is 4.72. The molecule has 3 aromatic rings.